The van der Waals surface area contributed by atoms with Crippen molar-refractivity contribution in [1.29, 1.82) is 0 Å². The fourth-order valence-electron chi connectivity index (χ4n) is 4.78. The number of halogens is 3. The molecule has 0 radical (unpaired) electrons. The normalized spacial score (nSPS) is 14.7. The summed E-state index contributed by atoms with van der Waals surface area (Å²) in [4.78, 5) is 11.1. The molecule has 2 aliphatic heterocycles. The smallest absolute Gasteiger partial charge is 0.381 e. The van der Waals surface area contributed by atoms with Gasteiger partial charge < -0.3 is 16.0 Å². The number of aromatic nitrogens is 2. The second-order valence-electron chi connectivity index (χ2n) is 9.47. The predicted octanol–water partition coefficient (Wildman–Crippen LogP) is 6.99. The van der Waals surface area contributed by atoms with Gasteiger partial charge in [-0.3, -0.25) is 4.90 Å². The van der Waals surface area contributed by atoms with Crippen LogP contribution in [0, 0.1) is 13.8 Å². The van der Waals surface area contributed by atoms with E-state index in [4.69, 9.17) is 4.98 Å². The van der Waals surface area contributed by atoms with Gasteiger partial charge in [0.2, 0.25) is 5.95 Å². The van der Waals surface area contributed by atoms with Crippen LogP contribution in [0.15, 0.2) is 43.1 Å². The summed E-state index contributed by atoms with van der Waals surface area (Å²) in [5.41, 5.74) is 9.11. The van der Waals surface area contributed by atoms with Gasteiger partial charge in [0.05, 0.1) is 6.42 Å². The first-order valence-corrected chi connectivity index (χ1v) is 13.0. The Labute approximate surface area is 222 Å². The van der Waals surface area contributed by atoms with Crippen LogP contribution in [0.25, 0.3) is 5.70 Å². The van der Waals surface area contributed by atoms with Gasteiger partial charge in [-0.1, -0.05) is 38.6 Å². The van der Waals surface area contributed by atoms with Gasteiger partial charge in [0.25, 0.3) is 0 Å². The number of nitrogens with zero attached hydrogens (tertiary/aromatic N) is 3. The Kier molecular flexibility index (Phi) is 8.26. The Morgan fingerprint density at radius 1 is 1.03 bits per heavy atom. The largest absolute Gasteiger partial charge is 0.390 e. The van der Waals surface area contributed by atoms with E-state index in [2.05, 4.69) is 45.7 Å². The molecule has 3 heterocycles. The second-order valence-corrected chi connectivity index (χ2v) is 9.47. The highest BCUT2D eigenvalue weighted by atomic mass is 19.4. The minimum Gasteiger partial charge on any atom is -0.381 e. The highest BCUT2D eigenvalue weighted by Crippen LogP contribution is 2.33. The van der Waals surface area contributed by atoms with Gasteiger partial charge in [-0.15, -0.1) is 0 Å². The number of hydrogen-bond donors (Lipinski definition) is 3. The fourth-order valence-corrected chi connectivity index (χ4v) is 4.78. The molecule has 38 heavy (non-hydrogen) atoms. The van der Waals surface area contributed by atoms with Crippen LogP contribution in [-0.4, -0.2) is 34.1 Å². The zero-order valence-electron chi connectivity index (χ0n) is 22.4. The summed E-state index contributed by atoms with van der Waals surface area (Å²) in [5.74, 6) is 1.18. The van der Waals surface area contributed by atoms with Gasteiger partial charge in [0.1, 0.15) is 5.82 Å². The van der Waals surface area contributed by atoms with Crippen LogP contribution in [0.4, 0.5) is 36.3 Å². The maximum atomic E-state index is 12.6. The van der Waals surface area contributed by atoms with Crippen molar-refractivity contribution in [1.82, 2.24) is 20.2 Å². The van der Waals surface area contributed by atoms with E-state index in [0.717, 1.165) is 51.4 Å². The molecule has 0 saturated carbocycles. The summed E-state index contributed by atoms with van der Waals surface area (Å²) >= 11 is 0. The van der Waals surface area contributed by atoms with E-state index in [1.54, 1.807) is 6.20 Å². The molecule has 0 bridgehead atoms. The number of alkyl halides is 3. The Bertz CT molecular complexity index is 1320. The highest BCUT2D eigenvalue weighted by Gasteiger charge is 2.29. The Hall–Kier alpha value is -3.59. The van der Waals surface area contributed by atoms with E-state index in [9.17, 15) is 13.2 Å². The van der Waals surface area contributed by atoms with Crippen molar-refractivity contribution in [2.75, 3.05) is 23.7 Å². The van der Waals surface area contributed by atoms with Gasteiger partial charge in [-0.2, -0.15) is 18.2 Å². The maximum absolute atomic E-state index is 12.6. The molecule has 6 nitrogen and oxygen atoms in total. The molecular formula is C29H35F3N6. The topological polar surface area (TPSA) is 65.1 Å². The lowest BCUT2D eigenvalue weighted by molar-refractivity contribution is -0.138. The van der Waals surface area contributed by atoms with Crippen LogP contribution in [0.5, 0.6) is 0 Å². The van der Waals surface area contributed by atoms with Gasteiger partial charge in [-0.25, -0.2) is 4.98 Å². The Morgan fingerprint density at radius 3 is 2.58 bits per heavy atom. The van der Waals surface area contributed by atoms with Crippen LogP contribution in [-0.2, 0) is 19.5 Å². The molecule has 1 aromatic heterocycles. The minimum atomic E-state index is -4.13. The monoisotopic (exact) mass is 524 g/mol. The molecule has 202 valence electrons. The molecule has 2 aromatic carbocycles. The highest BCUT2D eigenvalue weighted by molar-refractivity contribution is 5.82. The molecule has 0 fully saturated rings. The third kappa shape index (κ3) is 6.27. The van der Waals surface area contributed by atoms with Crippen molar-refractivity contribution in [3.8, 4) is 0 Å². The number of rotatable bonds is 6. The number of benzene rings is 2. The van der Waals surface area contributed by atoms with Crippen LogP contribution < -0.4 is 16.0 Å². The summed E-state index contributed by atoms with van der Waals surface area (Å²) in [6.07, 6.45) is -2.42. The lowest BCUT2D eigenvalue weighted by Gasteiger charge is -2.30. The zero-order valence-corrected chi connectivity index (χ0v) is 22.4. The molecular weight excluding hydrogens is 489 g/mol. The molecule has 0 saturated heterocycles. The predicted molar refractivity (Wildman–Crippen MR) is 148 cm³/mol. The summed E-state index contributed by atoms with van der Waals surface area (Å²) < 4.78 is 37.9. The SMILES string of the molecule is C=C1NCc2cccc(Nc3nc(Nc4cc5c(cc4C)CN(CCC(F)(F)F)CC5)ncc3C)c21.CC. The molecule has 0 unspecified atom stereocenters. The molecule has 0 spiro atoms. The maximum Gasteiger partial charge on any atom is 0.390 e. The van der Waals surface area contributed by atoms with Crippen LogP contribution >= 0.6 is 0 Å². The first-order chi connectivity index (χ1) is 18.2. The third-order valence-corrected chi connectivity index (χ3v) is 6.77. The molecule has 3 N–H and O–H groups in total. The first kappa shape index (κ1) is 27.4. The summed E-state index contributed by atoms with van der Waals surface area (Å²) in [6.45, 7) is 14.0. The second kappa shape index (κ2) is 11.4. The molecule has 0 amide bonds. The molecule has 0 aliphatic carbocycles. The van der Waals surface area contributed by atoms with Gasteiger partial charge in [0.15, 0.2) is 0 Å². The van der Waals surface area contributed by atoms with E-state index in [1.807, 2.05) is 44.7 Å². The summed E-state index contributed by atoms with van der Waals surface area (Å²) in [5, 5.41) is 10.1. The number of fused-ring (bicyclic) bond motifs is 2. The number of nitrogens with one attached hydrogen (secondary N) is 3. The van der Waals surface area contributed by atoms with Gasteiger partial charge in [-0.05, 0) is 54.7 Å². The van der Waals surface area contributed by atoms with Crippen molar-refractivity contribution >= 4 is 28.8 Å². The quantitative estimate of drug-likeness (QED) is 0.323. The minimum absolute atomic E-state index is 0.0308. The first-order valence-electron chi connectivity index (χ1n) is 13.0. The lowest BCUT2D eigenvalue weighted by Crippen LogP contribution is -2.33. The van der Waals surface area contributed by atoms with E-state index in [0.29, 0.717) is 31.3 Å². The standard InChI is InChI=1S/C27H29F3N6.C2H6/c1-16-11-21-15-36(10-8-27(28,29)30)9-7-19(21)12-23(16)34-26-32-13-17(2)25(35-26)33-22-6-4-5-20-14-31-18(3)24(20)22;1-2/h4-6,11-13,31H,3,7-10,14-15H2,1-2H3,(H2,32,33,34,35);1-2H3. The molecule has 3 aromatic rings. The van der Waals surface area contributed by atoms with E-state index in [-0.39, 0.29) is 6.54 Å². The third-order valence-electron chi connectivity index (χ3n) is 6.77. The van der Waals surface area contributed by atoms with Crippen molar-refractivity contribution in [2.45, 2.75) is 59.8 Å². The van der Waals surface area contributed by atoms with Crippen molar-refractivity contribution in [3.63, 3.8) is 0 Å². The van der Waals surface area contributed by atoms with Gasteiger partial charge >= 0.3 is 6.18 Å². The van der Waals surface area contributed by atoms with Crippen molar-refractivity contribution in [3.05, 3.63) is 76.5 Å². The van der Waals surface area contributed by atoms with Gasteiger partial charge in [0, 0.05) is 60.6 Å². The Morgan fingerprint density at radius 2 is 1.82 bits per heavy atom. The summed E-state index contributed by atoms with van der Waals surface area (Å²) in [6, 6.07) is 10.2. The van der Waals surface area contributed by atoms with E-state index >= 15 is 0 Å². The number of aryl methyl sites for hydroxylation is 2. The van der Waals surface area contributed by atoms with Crippen LogP contribution in [0.2, 0.25) is 0 Å². The molecule has 9 heteroatoms. The lowest BCUT2D eigenvalue weighted by atomic mass is 9.96. The molecule has 0 atom stereocenters. The number of anilines is 4. The fraction of sp³-hybridized carbons (Fsp3) is 0.379. The summed E-state index contributed by atoms with van der Waals surface area (Å²) in [7, 11) is 0. The molecule has 5 rings (SSSR count). The van der Waals surface area contributed by atoms with Crippen LogP contribution in [0.3, 0.4) is 0 Å². The Balaban J connectivity index is 0.00000164. The van der Waals surface area contributed by atoms with E-state index < -0.39 is 12.6 Å². The average molecular weight is 525 g/mol. The van der Waals surface area contributed by atoms with E-state index in [1.165, 1.54) is 5.56 Å². The number of hydrogen-bond acceptors (Lipinski definition) is 6. The zero-order chi connectivity index (χ0) is 27.4. The van der Waals surface area contributed by atoms with Crippen molar-refractivity contribution in [2.24, 2.45) is 0 Å². The van der Waals surface area contributed by atoms with Crippen molar-refractivity contribution < 1.29 is 13.2 Å². The molecule has 2 aliphatic rings. The van der Waals surface area contributed by atoms with Crippen LogP contribution in [0.1, 0.15) is 53.6 Å². The average Bonchev–Trinajstić information content (AvgIpc) is 3.27.